The van der Waals surface area contributed by atoms with Crippen LogP contribution < -0.4 is 10.1 Å². The SMILES string of the molecule is CCOc1cccc(CN2C[C@@H](CO)[C@H](NC(=O)C3CC3)C2)c1. The Morgan fingerprint density at radius 1 is 1.39 bits per heavy atom. The van der Waals surface area contributed by atoms with Crippen LogP contribution in [0.3, 0.4) is 0 Å². The number of carbonyl (C=O) groups excluding carboxylic acids is 1. The van der Waals surface area contributed by atoms with Crippen molar-refractivity contribution in [1.29, 1.82) is 0 Å². The van der Waals surface area contributed by atoms with Gasteiger partial charge in [0, 0.05) is 44.1 Å². The molecule has 3 rings (SSSR count). The van der Waals surface area contributed by atoms with Crippen LogP contribution in [0.2, 0.25) is 0 Å². The summed E-state index contributed by atoms with van der Waals surface area (Å²) >= 11 is 0. The largest absolute Gasteiger partial charge is 0.494 e. The monoisotopic (exact) mass is 318 g/mol. The van der Waals surface area contributed by atoms with Crippen LogP contribution in [0.4, 0.5) is 0 Å². The lowest BCUT2D eigenvalue weighted by atomic mass is 10.1. The highest BCUT2D eigenvalue weighted by atomic mass is 16.5. The van der Waals surface area contributed by atoms with E-state index < -0.39 is 0 Å². The van der Waals surface area contributed by atoms with E-state index in [-0.39, 0.29) is 30.4 Å². The van der Waals surface area contributed by atoms with Crippen molar-refractivity contribution in [3.63, 3.8) is 0 Å². The number of aliphatic hydroxyl groups excluding tert-OH is 1. The van der Waals surface area contributed by atoms with Gasteiger partial charge in [-0.05, 0) is 37.5 Å². The van der Waals surface area contributed by atoms with Crippen LogP contribution in [0.25, 0.3) is 0 Å². The maximum absolute atomic E-state index is 12.0. The molecule has 1 heterocycles. The highest BCUT2D eigenvalue weighted by Gasteiger charge is 2.37. The van der Waals surface area contributed by atoms with Crippen LogP contribution in [0.5, 0.6) is 5.75 Å². The molecule has 2 aliphatic rings. The fourth-order valence-corrected chi connectivity index (χ4v) is 3.24. The second-order valence-electron chi connectivity index (χ2n) is 6.61. The average molecular weight is 318 g/mol. The van der Waals surface area contributed by atoms with Crippen LogP contribution in [0.1, 0.15) is 25.3 Å². The fourth-order valence-electron chi connectivity index (χ4n) is 3.24. The van der Waals surface area contributed by atoms with Crippen molar-refractivity contribution in [2.24, 2.45) is 11.8 Å². The first-order chi connectivity index (χ1) is 11.2. The number of aliphatic hydroxyl groups is 1. The lowest BCUT2D eigenvalue weighted by Crippen LogP contribution is -2.42. The maximum atomic E-state index is 12.0. The Morgan fingerprint density at radius 3 is 2.91 bits per heavy atom. The van der Waals surface area contributed by atoms with E-state index in [0.29, 0.717) is 6.61 Å². The highest BCUT2D eigenvalue weighted by Crippen LogP contribution is 2.30. The van der Waals surface area contributed by atoms with Gasteiger partial charge in [-0.3, -0.25) is 9.69 Å². The molecule has 126 valence electrons. The van der Waals surface area contributed by atoms with E-state index in [9.17, 15) is 9.90 Å². The molecule has 23 heavy (non-hydrogen) atoms. The Hall–Kier alpha value is -1.59. The molecule has 1 saturated heterocycles. The molecule has 1 saturated carbocycles. The van der Waals surface area contributed by atoms with Gasteiger partial charge in [0.2, 0.25) is 5.91 Å². The number of likely N-dealkylation sites (tertiary alicyclic amines) is 1. The minimum atomic E-state index is 0.0585. The van der Waals surface area contributed by atoms with E-state index >= 15 is 0 Å². The summed E-state index contributed by atoms with van der Waals surface area (Å²) in [5, 5.41) is 12.7. The van der Waals surface area contributed by atoms with Crippen LogP contribution in [-0.4, -0.2) is 48.3 Å². The van der Waals surface area contributed by atoms with E-state index in [2.05, 4.69) is 22.3 Å². The quantitative estimate of drug-likeness (QED) is 0.798. The minimum Gasteiger partial charge on any atom is -0.494 e. The number of hydrogen-bond donors (Lipinski definition) is 2. The van der Waals surface area contributed by atoms with Crippen molar-refractivity contribution in [3.8, 4) is 5.75 Å². The minimum absolute atomic E-state index is 0.0585. The molecule has 1 amide bonds. The number of hydrogen-bond acceptors (Lipinski definition) is 4. The normalized spacial score (nSPS) is 24.6. The highest BCUT2D eigenvalue weighted by molar-refractivity contribution is 5.81. The standard InChI is InChI=1S/C18H26N2O3/c1-2-23-16-5-3-4-13(8-16)9-20-10-15(12-21)17(11-20)19-18(22)14-6-7-14/h3-5,8,14-15,17,21H,2,6-7,9-12H2,1H3,(H,19,22)/t15-,17+/m0/s1. The molecule has 5 heteroatoms. The third-order valence-electron chi connectivity index (χ3n) is 4.64. The van der Waals surface area contributed by atoms with Gasteiger partial charge in [-0.2, -0.15) is 0 Å². The molecular formula is C18H26N2O3. The first-order valence-electron chi connectivity index (χ1n) is 8.55. The van der Waals surface area contributed by atoms with Crippen molar-refractivity contribution < 1.29 is 14.6 Å². The molecule has 1 aliphatic heterocycles. The predicted octanol–water partition coefficient (Wildman–Crippen LogP) is 1.40. The molecular weight excluding hydrogens is 292 g/mol. The van der Waals surface area contributed by atoms with Crippen molar-refractivity contribution in [3.05, 3.63) is 29.8 Å². The first kappa shape index (κ1) is 16.3. The number of carbonyl (C=O) groups is 1. The van der Waals surface area contributed by atoms with Gasteiger partial charge in [0.05, 0.1) is 6.61 Å². The zero-order valence-corrected chi connectivity index (χ0v) is 13.7. The van der Waals surface area contributed by atoms with Gasteiger partial charge < -0.3 is 15.2 Å². The lowest BCUT2D eigenvalue weighted by Gasteiger charge is -2.18. The second-order valence-corrected chi connectivity index (χ2v) is 6.61. The van der Waals surface area contributed by atoms with Crippen molar-refractivity contribution in [1.82, 2.24) is 10.2 Å². The molecule has 2 atom stereocenters. The summed E-state index contributed by atoms with van der Waals surface area (Å²) in [6.07, 6.45) is 2.02. The fraction of sp³-hybridized carbons (Fsp3) is 0.611. The first-order valence-corrected chi connectivity index (χ1v) is 8.55. The third-order valence-corrected chi connectivity index (χ3v) is 4.64. The molecule has 1 aromatic rings. The number of benzene rings is 1. The zero-order valence-electron chi connectivity index (χ0n) is 13.7. The van der Waals surface area contributed by atoms with Gasteiger partial charge in [0.15, 0.2) is 0 Å². The second kappa shape index (κ2) is 7.32. The predicted molar refractivity (Wildman–Crippen MR) is 88.1 cm³/mol. The molecule has 0 unspecified atom stereocenters. The van der Waals surface area contributed by atoms with E-state index in [1.807, 2.05) is 19.1 Å². The Bertz CT molecular complexity index is 545. The smallest absolute Gasteiger partial charge is 0.223 e. The Kier molecular flexibility index (Phi) is 5.18. The Morgan fingerprint density at radius 2 is 2.22 bits per heavy atom. The summed E-state index contributed by atoms with van der Waals surface area (Å²) in [5.74, 6) is 1.38. The van der Waals surface area contributed by atoms with Crippen LogP contribution >= 0.6 is 0 Å². The summed E-state index contributed by atoms with van der Waals surface area (Å²) in [4.78, 5) is 14.3. The number of ether oxygens (including phenoxy) is 1. The molecule has 0 spiro atoms. The molecule has 1 aromatic carbocycles. The molecule has 0 radical (unpaired) electrons. The van der Waals surface area contributed by atoms with Gasteiger partial charge in [0.1, 0.15) is 5.75 Å². The van der Waals surface area contributed by atoms with E-state index in [0.717, 1.165) is 38.2 Å². The molecule has 2 fully saturated rings. The van der Waals surface area contributed by atoms with Gasteiger partial charge in [-0.25, -0.2) is 0 Å². The molecule has 0 bridgehead atoms. The van der Waals surface area contributed by atoms with Crippen LogP contribution in [-0.2, 0) is 11.3 Å². The Labute approximate surface area is 137 Å². The van der Waals surface area contributed by atoms with Gasteiger partial charge in [0.25, 0.3) is 0 Å². The summed E-state index contributed by atoms with van der Waals surface area (Å²) in [5.41, 5.74) is 1.20. The Balaban J connectivity index is 1.58. The third kappa shape index (κ3) is 4.24. The average Bonchev–Trinajstić information content (AvgIpc) is 3.32. The number of rotatable bonds is 7. The zero-order chi connectivity index (χ0) is 16.2. The topological polar surface area (TPSA) is 61.8 Å². The summed E-state index contributed by atoms with van der Waals surface area (Å²) in [6, 6.07) is 8.18. The van der Waals surface area contributed by atoms with Crippen LogP contribution in [0.15, 0.2) is 24.3 Å². The van der Waals surface area contributed by atoms with Gasteiger partial charge in [-0.1, -0.05) is 12.1 Å². The molecule has 2 N–H and O–H groups in total. The molecule has 5 nitrogen and oxygen atoms in total. The van der Waals surface area contributed by atoms with Crippen LogP contribution in [0, 0.1) is 11.8 Å². The van der Waals surface area contributed by atoms with E-state index in [4.69, 9.17) is 4.74 Å². The maximum Gasteiger partial charge on any atom is 0.223 e. The van der Waals surface area contributed by atoms with Crippen molar-refractivity contribution in [2.45, 2.75) is 32.4 Å². The number of nitrogens with one attached hydrogen (secondary N) is 1. The number of amides is 1. The van der Waals surface area contributed by atoms with Gasteiger partial charge >= 0.3 is 0 Å². The van der Waals surface area contributed by atoms with Crippen molar-refractivity contribution in [2.75, 3.05) is 26.3 Å². The summed E-state index contributed by atoms with van der Waals surface area (Å²) in [6.45, 7) is 5.17. The van der Waals surface area contributed by atoms with E-state index in [1.54, 1.807) is 0 Å². The number of nitrogens with zero attached hydrogens (tertiary/aromatic N) is 1. The van der Waals surface area contributed by atoms with Crippen molar-refractivity contribution >= 4 is 5.91 Å². The molecule has 0 aromatic heterocycles. The molecule has 1 aliphatic carbocycles. The summed E-state index contributed by atoms with van der Waals surface area (Å²) < 4.78 is 5.54. The summed E-state index contributed by atoms with van der Waals surface area (Å²) in [7, 11) is 0. The van der Waals surface area contributed by atoms with E-state index in [1.165, 1.54) is 5.56 Å². The lowest BCUT2D eigenvalue weighted by molar-refractivity contribution is -0.123. The van der Waals surface area contributed by atoms with Gasteiger partial charge in [-0.15, -0.1) is 0 Å².